The summed E-state index contributed by atoms with van der Waals surface area (Å²) in [5, 5.41) is 2.70. The van der Waals surface area contributed by atoms with E-state index in [0.29, 0.717) is 17.7 Å². The lowest BCUT2D eigenvalue weighted by Gasteiger charge is -2.13. The zero-order valence-corrected chi connectivity index (χ0v) is 12.7. The molecule has 3 amide bonds. The number of fused-ring (bicyclic) bond motifs is 1. The molecule has 0 spiro atoms. The highest BCUT2D eigenvalue weighted by molar-refractivity contribution is 9.10. The molecule has 106 valence electrons. The van der Waals surface area contributed by atoms with Crippen LogP contribution in [0, 0.1) is 0 Å². The molecule has 1 aliphatic heterocycles. The standard InChI is InChI=1S/C14H15BrN2O3/c1-2-3-6-16-12(18)8-17-13(19)10-5-4-9(15)7-11(10)14(17)20/h4-5,7H,2-3,6,8H2,1H3,(H,16,18). The molecule has 6 heteroatoms. The second-order valence-electron chi connectivity index (χ2n) is 4.59. The van der Waals surface area contributed by atoms with E-state index in [1.807, 2.05) is 6.92 Å². The van der Waals surface area contributed by atoms with Gasteiger partial charge in [-0.3, -0.25) is 19.3 Å². The van der Waals surface area contributed by atoms with Crippen molar-refractivity contribution >= 4 is 33.7 Å². The number of unbranched alkanes of at least 4 members (excludes halogenated alkanes) is 1. The Morgan fingerprint density at radius 2 is 1.95 bits per heavy atom. The van der Waals surface area contributed by atoms with Gasteiger partial charge in [-0.2, -0.15) is 0 Å². The summed E-state index contributed by atoms with van der Waals surface area (Å²) in [4.78, 5) is 36.9. The van der Waals surface area contributed by atoms with Crippen LogP contribution in [0.4, 0.5) is 0 Å². The van der Waals surface area contributed by atoms with Gasteiger partial charge in [0.15, 0.2) is 0 Å². The third-order valence-corrected chi connectivity index (χ3v) is 3.58. The van der Waals surface area contributed by atoms with Gasteiger partial charge in [0.25, 0.3) is 11.8 Å². The molecule has 1 aliphatic rings. The van der Waals surface area contributed by atoms with Gasteiger partial charge < -0.3 is 5.32 Å². The number of carbonyl (C=O) groups is 3. The maximum atomic E-state index is 12.1. The summed E-state index contributed by atoms with van der Waals surface area (Å²) >= 11 is 3.26. The van der Waals surface area contributed by atoms with E-state index in [4.69, 9.17) is 0 Å². The quantitative estimate of drug-likeness (QED) is 0.659. The Bertz CT molecular complexity index is 572. The summed E-state index contributed by atoms with van der Waals surface area (Å²) in [6.45, 7) is 2.35. The predicted octanol–water partition coefficient (Wildman–Crippen LogP) is 1.96. The smallest absolute Gasteiger partial charge is 0.262 e. The Balaban J connectivity index is 2.07. The minimum absolute atomic E-state index is 0.228. The number of halogens is 1. The Kier molecular flexibility index (Phi) is 4.54. The average molecular weight is 339 g/mol. The van der Waals surface area contributed by atoms with E-state index in [0.717, 1.165) is 22.2 Å². The van der Waals surface area contributed by atoms with Gasteiger partial charge in [0, 0.05) is 11.0 Å². The van der Waals surface area contributed by atoms with Crippen LogP contribution in [0.25, 0.3) is 0 Å². The minimum atomic E-state index is -0.419. The van der Waals surface area contributed by atoms with Crippen molar-refractivity contribution in [2.24, 2.45) is 0 Å². The molecule has 0 radical (unpaired) electrons. The lowest BCUT2D eigenvalue weighted by Crippen LogP contribution is -2.40. The highest BCUT2D eigenvalue weighted by atomic mass is 79.9. The van der Waals surface area contributed by atoms with Crippen LogP contribution in [-0.4, -0.2) is 35.7 Å². The number of nitrogens with zero attached hydrogens (tertiary/aromatic N) is 1. The van der Waals surface area contributed by atoms with Crippen molar-refractivity contribution in [1.29, 1.82) is 0 Å². The molecule has 0 bridgehead atoms. The van der Waals surface area contributed by atoms with E-state index in [2.05, 4.69) is 21.2 Å². The van der Waals surface area contributed by atoms with Crippen molar-refractivity contribution in [3.05, 3.63) is 33.8 Å². The zero-order chi connectivity index (χ0) is 14.7. The summed E-state index contributed by atoms with van der Waals surface area (Å²) < 4.78 is 0.728. The van der Waals surface area contributed by atoms with Gasteiger partial charge in [-0.15, -0.1) is 0 Å². The molecular weight excluding hydrogens is 324 g/mol. The third kappa shape index (κ3) is 2.90. The van der Waals surface area contributed by atoms with Crippen LogP contribution in [0.1, 0.15) is 40.5 Å². The molecule has 0 aromatic heterocycles. The number of amides is 3. The third-order valence-electron chi connectivity index (χ3n) is 3.09. The normalized spacial score (nSPS) is 13.6. The van der Waals surface area contributed by atoms with Crippen LogP contribution in [0.2, 0.25) is 0 Å². The second-order valence-corrected chi connectivity index (χ2v) is 5.51. The number of hydrogen-bond acceptors (Lipinski definition) is 3. The molecule has 1 aromatic carbocycles. The van der Waals surface area contributed by atoms with Crippen LogP contribution in [0.5, 0.6) is 0 Å². The molecule has 0 atom stereocenters. The molecule has 0 unspecified atom stereocenters. The Hall–Kier alpha value is -1.69. The van der Waals surface area contributed by atoms with Crippen molar-refractivity contribution in [3.63, 3.8) is 0 Å². The molecule has 0 fully saturated rings. The molecule has 1 N–H and O–H groups in total. The fourth-order valence-corrected chi connectivity index (χ4v) is 2.37. The molecule has 0 saturated carbocycles. The van der Waals surface area contributed by atoms with Crippen molar-refractivity contribution < 1.29 is 14.4 Å². The van der Waals surface area contributed by atoms with Gasteiger partial charge in [-0.25, -0.2) is 0 Å². The highest BCUT2D eigenvalue weighted by Gasteiger charge is 2.36. The molecular formula is C14H15BrN2O3. The number of rotatable bonds is 5. The Morgan fingerprint density at radius 3 is 2.65 bits per heavy atom. The predicted molar refractivity (Wildman–Crippen MR) is 77.4 cm³/mol. The first-order chi connectivity index (χ1) is 9.54. The number of hydrogen-bond donors (Lipinski definition) is 1. The number of benzene rings is 1. The topological polar surface area (TPSA) is 66.5 Å². The van der Waals surface area contributed by atoms with Crippen molar-refractivity contribution in [2.45, 2.75) is 19.8 Å². The van der Waals surface area contributed by atoms with E-state index in [1.165, 1.54) is 0 Å². The largest absolute Gasteiger partial charge is 0.355 e. The molecule has 0 aliphatic carbocycles. The van der Waals surface area contributed by atoms with Crippen LogP contribution in [-0.2, 0) is 4.79 Å². The number of nitrogens with one attached hydrogen (secondary N) is 1. The van der Waals surface area contributed by atoms with Gasteiger partial charge >= 0.3 is 0 Å². The fraction of sp³-hybridized carbons (Fsp3) is 0.357. The molecule has 2 rings (SSSR count). The first-order valence-corrected chi connectivity index (χ1v) is 7.26. The van der Waals surface area contributed by atoms with Crippen molar-refractivity contribution in [2.75, 3.05) is 13.1 Å². The van der Waals surface area contributed by atoms with Crippen LogP contribution < -0.4 is 5.32 Å². The van der Waals surface area contributed by atoms with Gasteiger partial charge in [-0.1, -0.05) is 29.3 Å². The zero-order valence-electron chi connectivity index (χ0n) is 11.1. The number of carbonyl (C=O) groups excluding carboxylic acids is 3. The fourth-order valence-electron chi connectivity index (χ4n) is 2.01. The maximum Gasteiger partial charge on any atom is 0.262 e. The lowest BCUT2D eigenvalue weighted by molar-refractivity contribution is -0.121. The summed E-state index contributed by atoms with van der Waals surface area (Å²) in [6.07, 6.45) is 1.85. The van der Waals surface area contributed by atoms with Gasteiger partial charge in [0.2, 0.25) is 5.91 Å². The van der Waals surface area contributed by atoms with E-state index in [-0.39, 0.29) is 12.5 Å². The van der Waals surface area contributed by atoms with Crippen LogP contribution in [0.3, 0.4) is 0 Å². The highest BCUT2D eigenvalue weighted by Crippen LogP contribution is 2.25. The van der Waals surface area contributed by atoms with Crippen molar-refractivity contribution in [1.82, 2.24) is 10.2 Å². The Morgan fingerprint density at radius 1 is 1.25 bits per heavy atom. The Labute approximate surface area is 125 Å². The minimum Gasteiger partial charge on any atom is -0.355 e. The molecule has 5 nitrogen and oxygen atoms in total. The van der Waals surface area contributed by atoms with Crippen LogP contribution in [0.15, 0.2) is 22.7 Å². The van der Waals surface area contributed by atoms with Gasteiger partial charge in [-0.05, 0) is 24.6 Å². The van der Waals surface area contributed by atoms with Gasteiger partial charge in [0.05, 0.1) is 11.1 Å². The molecule has 1 aromatic rings. The van der Waals surface area contributed by atoms with E-state index in [1.54, 1.807) is 18.2 Å². The van der Waals surface area contributed by atoms with Gasteiger partial charge in [0.1, 0.15) is 6.54 Å². The monoisotopic (exact) mass is 338 g/mol. The summed E-state index contributed by atoms with van der Waals surface area (Å²) in [5.74, 6) is -1.15. The maximum absolute atomic E-state index is 12.1. The summed E-state index contributed by atoms with van der Waals surface area (Å²) in [5.41, 5.74) is 0.685. The van der Waals surface area contributed by atoms with E-state index < -0.39 is 11.8 Å². The van der Waals surface area contributed by atoms with Crippen molar-refractivity contribution in [3.8, 4) is 0 Å². The molecule has 20 heavy (non-hydrogen) atoms. The first kappa shape index (κ1) is 14.7. The summed E-state index contributed by atoms with van der Waals surface area (Å²) in [6, 6.07) is 4.90. The second kappa shape index (κ2) is 6.17. The van der Waals surface area contributed by atoms with E-state index >= 15 is 0 Å². The molecule has 1 heterocycles. The summed E-state index contributed by atoms with van der Waals surface area (Å²) in [7, 11) is 0. The lowest BCUT2D eigenvalue weighted by atomic mass is 10.1. The van der Waals surface area contributed by atoms with E-state index in [9.17, 15) is 14.4 Å². The first-order valence-electron chi connectivity index (χ1n) is 6.47. The molecule has 0 saturated heterocycles. The SMILES string of the molecule is CCCCNC(=O)CN1C(=O)c2ccc(Br)cc2C1=O. The average Bonchev–Trinajstić information content (AvgIpc) is 2.64. The number of imide groups is 1. The van der Waals surface area contributed by atoms with Crippen LogP contribution >= 0.6 is 15.9 Å².